The number of halogens is 2. The number of hydrogen-bond donors (Lipinski definition) is 4. The molecular formula is C17H17ClIN5O3S. The summed E-state index contributed by atoms with van der Waals surface area (Å²) >= 11 is 9.65. The topological polar surface area (TPSA) is 116 Å². The first-order valence-electron chi connectivity index (χ1n) is 8.48. The molecule has 8 nitrogen and oxygen atoms in total. The summed E-state index contributed by atoms with van der Waals surface area (Å²) in [5.41, 5.74) is 2.06. The summed E-state index contributed by atoms with van der Waals surface area (Å²) in [7, 11) is 0. The summed E-state index contributed by atoms with van der Waals surface area (Å²) in [6.45, 7) is 0.308. The van der Waals surface area contributed by atoms with Crippen LogP contribution in [0.15, 0.2) is 30.6 Å². The fraction of sp³-hybridized carbons (Fsp3) is 0.353. The molecule has 4 N–H and O–H groups in total. The van der Waals surface area contributed by atoms with Crippen molar-refractivity contribution in [3.05, 3.63) is 45.0 Å². The van der Waals surface area contributed by atoms with Gasteiger partial charge in [-0.2, -0.15) is 9.97 Å². The Labute approximate surface area is 183 Å². The van der Waals surface area contributed by atoms with Crippen molar-refractivity contribution < 1.29 is 15.3 Å². The van der Waals surface area contributed by atoms with E-state index in [0.717, 1.165) is 9.13 Å². The van der Waals surface area contributed by atoms with Gasteiger partial charge in [-0.1, -0.05) is 12.1 Å². The van der Waals surface area contributed by atoms with E-state index in [0.29, 0.717) is 23.5 Å². The maximum absolute atomic E-state index is 10.4. The van der Waals surface area contributed by atoms with Crippen LogP contribution in [0.1, 0.15) is 10.9 Å². The van der Waals surface area contributed by atoms with Crippen molar-refractivity contribution in [3.63, 3.8) is 0 Å². The average molecular weight is 534 g/mol. The van der Waals surface area contributed by atoms with Crippen LogP contribution in [-0.4, -0.2) is 58.9 Å². The summed E-state index contributed by atoms with van der Waals surface area (Å²) in [5, 5.41) is 32.2. The van der Waals surface area contributed by atoms with Gasteiger partial charge in [0.2, 0.25) is 5.28 Å². The molecule has 3 aromatic rings. The smallest absolute Gasteiger partial charge is 0.226 e. The molecule has 0 spiro atoms. The first kappa shape index (κ1) is 20.1. The lowest BCUT2D eigenvalue weighted by molar-refractivity contribution is 0.0113. The molecule has 1 aromatic carbocycles. The highest BCUT2D eigenvalue weighted by Crippen LogP contribution is 2.43. The van der Waals surface area contributed by atoms with Gasteiger partial charge in [0.25, 0.3) is 0 Å². The van der Waals surface area contributed by atoms with Crippen LogP contribution >= 0.6 is 46.0 Å². The zero-order valence-corrected chi connectivity index (χ0v) is 18.1. The Morgan fingerprint density at radius 1 is 1.25 bits per heavy atom. The van der Waals surface area contributed by atoms with Gasteiger partial charge in [0.15, 0.2) is 17.0 Å². The van der Waals surface area contributed by atoms with Crippen LogP contribution in [-0.2, 0) is 6.54 Å². The van der Waals surface area contributed by atoms with Gasteiger partial charge in [0, 0.05) is 10.1 Å². The number of nitrogens with one attached hydrogen (secondary N) is 1. The van der Waals surface area contributed by atoms with E-state index in [1.165, 1.54) is 11.8 Å². The van der Waals surface area contributed by atoms with Crippen LogP contribution in [0.2, 0.25) is 5.28 Å². The van der Waals surface area contributed by atoms with Crippen LogP contribution in [0.3, 0.4) is 0 Å². The number of imidazole rings is 1. The highest BCUT2D eigenvalue weighted by Gasteiger charge is 2.43. The zero-order valence-electron chi connectivity index (χ0n) is 14.4. The van der Waals surface area contributed by atoms with Gasteiger partial charge >= 0.3 is 0 Å². The fourth-order valence-corrected chi connectivity index (χ4v) is 5.29. The summed E-state index contributed by atoms with van der Waals surface area (Å²) in [5.74, 6) is 0.490. The zero-order chi connectivity index (χ0) is 19.8. The third kappa shape index (κ3) is 3.81. The van der Waals surface area contributed by atoms with Crippen molar-refractivity contribution in [1.29, 1.82) is 0 Å². The van der Waals surface area contributed by atoms with Crippen molar-refractivity contribution in [2.45, 2.75) is 29.4 Å². The number of thioether (sulfide) groups is 1. The maximum Gasteiger partial charge on any atom is 0.226 e. The lowest BCUT2D eigenvalue weighted by Crippen LogP contribution is -2.32. The van der Waals surface area contributed by atoms with E-state index in [-0.39, 0.29) is 11.9 Å². The largest absolute Gasteiger partial charge is 0.395 e. The molecule has 0 unspecified atom stereocenters. The quantitative estimate of drug-likeness (QED) is 0.291. The molecular weight excluding hydrogens is 517 g/mol. The summed E-state index contributed by atoms with van der Waals surface area (Å²) in [6.07, 6.45) is -0.552. The van der Waals surface area contributed by atoms with Crippen LogP contribution in [0.5, 0.6) is 0 Å². The number of benzene rings is 1. The van der Waals surface area contributed by atoms with Crippen molar-refractivity contribution in [1.82, 2.24) is 19.5 Å². The minimum Gasteiger partial charge on any atom is -0.395 e. The minimum atomic E-state index is -1.06. The van der Waals surface area contributed by atoms with E-state index in [1.54, 1.807) is 10.9 Å². The van der Waals surface area contributed by atoms with Gasteiger partial charge in [0.05, 0.1) is 24.3 Å². The van der Waals surface area contributed by atoms with Crippen molar-refractivity contribution in [3.8, 4) is 0 Å². The molecule has 28 heavy (non-hydrogen) atoms. The maximum atomic E-state index is 10.4. The number of aromatic nitrogens is 4. The van der Waals surface area contributed by atoms with Crippen molar-refractivity contribution in [2.24, 2.45) is 0 Å². The number of fused-ring (bicyclic) bond motifs is 1. The molecule has 1 aliphatic rings. The summed E-state index contributed by atoms with van der Waals surface area (Å²) < 4.78 is 2.80. The highest BCUT2D eigenvalue weighted by atomic mass is 127. The summed E-state index contributed by atoms with van der Waals surface area (Å²) in [6, 6.07) is 8.07. The molecule has 1 saturated heterocycles. The first-order chi connectivity index (χ1) is 13.5. The normalized spacial score (nSPS) is 24.8. The highest BCUT2D eigenvalue weighted by molar-refractivity contribution is 14.1. The predicted molar refractivity (Wildman–Crippen MR) is 116 cm³/mol. The molecule has 0 amide bonds. The van der Waals surface area contributed by atoms with Crippen LogP contribution in [0.25, 0.3) is 11.2 Å². The van der Waals surface area contributed by atoms with Crippen LogP contribution < -0.4 is 5.32 Å². The number of aliphatic hydroxyl groups is 3. The first-order valence-corrected chi connectivity index (χ1v) is 10.9. The van der Waals surface area contributed by atoms with Crippen LogP contribution in [0.4, 0.5) is 5.82 Å². The second-order valence-corrected chi connectivity index (χ2v) is 9.32. The van der Waals surface area contributed by atoms with Crippen molar-refractivity contribution >= 4 is 62.9 Å². The van der Waals surface area contributed by atoms with Gasteiger partial charge in [-0.15, -0.1) is 11.8 Å². The number of anilines is 1. The Balaban J connectivity index is 1.65. The summed E-state index contributed by atoms with van der Waals surface area (Å²) in [4.78, 5) is 12.9. The number of rotatable bonds is 5. The molecule has 1 fully saturated rings. The third-order valence-corrected chi connectivity index (χ3v) is 6.94. The molecule has 2 aromatic heterocycles. The standard InChI is InChI=1S/C17H17ClIN5O3S/c18-17-22-14(20-5-8-2-1-3-9(19)4-8)11-15(23-17)24(7-21-11)16-13(27)12(26)10(6-25)28-16/h1-4,7,10,12-13,16,25-27H,5-6H2,(H,20,22,23)/t10-,12-,13-,16-/m1/s1. The molecule has 0 bridgehead atoms. The van der Waals surface area contributed by atoms with Gasteiger partial charge in [0.1, 0.15) is 11.5 Å². The van der Waals surface area contributed by atoms with E-state index >= 15 is 0 Å². The van der Waals surface area contributed by atoms with E-state index in [2.05, 4.69) is 48.9 Å². The van der Waals surface area contributed by atoms with E-state index in [9.17, 15) is 15.3 Å². The Morgan fingerprint density at radius 3 is 2.79 bits per heavy atom. The molecule has 11 heteroatoms. The molecule has 0 saturated carbocycles. The Bertz CT molecular complexity index is 1010. The Kier molecular flexibility index (Phi) is 5.95. The predicted octanol–water partition coefficient (Wildman–Crippen LogP) is 2.02. The van der Waals surface area contributed by atoms with E-state index < -0.39 is 22.8 Å². The molecule has 148 valence electrons. The average Bonchev–Trinajstić information content (AvgIpc) is 3.21. The molecule has 4 rings (SSSR count). The Hall–Kier alpha value is -1.18. The lowest BCUT2D eigenvalue weighted by Gasteiger charge is -2.17. The molecule has 4 atom stereocenters. The van der Waals surface area contributed by atoms with E-state index in [1.807, 2.05) is 18.2 Å². The number of aliphatic hydroxyl groups excluding tert-OH is 3. The van der Waals surface area contributed by atoms with Gasteiger partial charge in [-0.25, -0.2) is 4.98 Å². The molecule has 0 aliphatic carbocycles. The van der Waals surface area contributed by atoms with Gasteiger partial charge < -0.3 is 20.6 Å². The Morgan fingerprint density at radius 2 is 2.07 bits per heavy atom. The minimum absolute atomic E-state index is 0.0520. The lowest BCUT2D eigenvalue weighted by atomic mass is 10.1. The van der Waals surface area contributed by atoms with Gasteiger partial charge in [-0.3, -0.25) is 4.57 Å². The monoisotopic (exact) mass is 533 g/mol. The second kappa shape index (κ2) is 8.28. The van der Waals surface area contributed by atoms with E-state index in [4.69, 9.17) is 11.6 Å². The fourth-order valence-electron chi connectivity index (χ4n) is 3.14. The molecule has 1 aliphatic heterocycles. The third-order valence-electron chi connectivity index (χ3n) is 4.53. The van der Waals surface area contributed by atoms with Crippen LogP contribution in [0, 0.1) is 3.57 Å². The number of nitrogens with zero attached hydrogens (tertiary/aromatic N) is 4. The second-order valence-electron chi connectivity index (χ2n) is 6.38. The molecule has 3 heterocycles. The number of hydrogen-bond acceptors (Lipinski definition) is 8. The van der Waals surface area contributed by atoms with Gasteiger partial charge in [-0.05, 0) is 51.9 Å². The molecule has 0 radical (unpaired) electrons. The SMILES string of the molecule is OC[C@H]1S[C@@H](n2cnc3c(NCc4cccc(I)c4)nc(Cl)nc32)[C@H](O)[C@@H]1O. The van der Waals surface area contributed by atoms with Crippen molar-refractivity contribution in [2.75, 3.05) is 11.9 Å².